The second-order valence-electron chi connectivity index (χ2n) is 4.49. The molecule has 0 saturated carbocycles. The average Bonchev–Trinajstić information content (AvgIpc) is 2.39. The second-order valence-corrected chi connectivity index (χ2v) is 5.35. The fraction of sp³-hybridized carbons (Fsp3) is 0.417. The molecular formula is C12H16BrN3O3. The first kappa shape index (κ1) is 15.6. The molecule has 1 rings (SSSR count). The Balaban J connectivity index is 3.02. The summed E-state index contributed by atoms with van der Waals surface area (Å²) in [7, 11) is 0. The standard InChI is InChI=1S/C12H16BrN3O3/c1-3-12(2,7-14)11(17)15-10-6-8(16(18)19)4-5-9(10)13/h4-6H,3,7,14H2,1-2H3,(H,15,17). The molecule has 0 saturated heterocycles. The van der Waals surface area contributed by atoms with Crippen molar-refractivity contribution in [3.63, 3.8) is 0 Å². The van der Waals surface area contributed by atoms with Crippen molar-refractivity contribution in [2.45, 2.75) is 20.3 Å². The van der Waals surface area contributed by atoms with E-state index in [2.05, 4.69) is 21.2 Å². The van der Waals surface area contributed by atoms with Crippen LogP contribution in [0.3, 0.4) is 0 Å². The fourth-order valence-electron chi connectivity index (χ4n) is 1.39. The minimum Gasteiger partial charge on any atom is -0.329 e. The molecule has 7 heteroatoms. The molecule has 3 N–H and O–H groups in total. The van der Waals surface area contributed by atoms with E-state index in [0.717, 1.165) is 0 Å². The summed E-state index contributed by atoms with van der Waals surface area (Å²) in [5, 5.41) is 13.4. The minimum absolute atomic E-state index is 0.0792. The molecule has 1 aromatic rings. The maximum atomic E-state index is 12.1. The van der Waals surface area contributed by atoms with Gasteiger partial charge in [0.15, 0.2) is 0 Å². The van der Waals surface area contributed by atoms with Gasteiger partial charge in [-0.3, -0.25) is 14.9 Å². The topological polar surface area (TPSA) is 98.3 Å². The summed E-state index contributed by atoms with van der Waals surface area (Å²) in [6.45, 7) is 3.84. The number of nitro benzene ring substituents is 1. The number of benzene rings is 1. The predicted molar refractivity (Wildman–Crippen MR) is 76.9 cm³/mol. The van der Waals surface area contributed by atoms with Gasteiger partial charge in [0, 0.05) is 23.2 Å². The smallest absolute Gasteiger partial charge is 0.271 e. The van der Waals surface area contributed by atoms with E-state index in [1.807, 2.05) is 6.92 Å². The highest BCUT2D eigenvalue weighted by Crippen LogP contribution is 2.29. The Morgan fingerprint density at radius 3 is 2.68 bits per heavy atom. The molecule has 19 heavy (non-hydrogen) atoms. The van der Waals surface area contributed by atoms with E-state index in [0.29, 0.717) is 16.6 Å². The lowest BCUT2D eigenvalue weighted by molar-refractivity contribution is -0.384. The Labute approximate surface area is 119 Å². The molecular weight excluding hydrogens is 314 g/mol. The molecule has 0 heterocycles. The van der Waals surface area contributed by atoms with Gasteiger partial charge in [-0.1, -0.05) is 6.92 Å². The third kappa shape index (κ3) is 3.51. The first-order valence-electron chi connectivity index (χ1n) is 5.79. The number of carbonyl (C=O) groups is 1. The number of hydrogen-bond donors (Lipinski definition) is 2. The van der Waals surface area contributed by atoms with Gasteiger partial charge in [-0.25, -0.2) is 0 Å². The third-order valence-electron chi connectivity index (χ3n) is 3.19. The summed E-state index contributed by atoms with van der Waals surface area (Å²) in [5.41, 5.74) is 5.21. The fourth-order valence-corrected chi connectivity index (χ4v) is 1.74. The minimum atomic E-state index is -0.690. The van der Waals surface area contributed by atoms with Crippen LogP contribution in [0.4, 0.5) is 11.4 Å². The number of non-ortho nitro benzene ring substituents is 1. The lowest BCUT2D eigenvalue weighted by atomic mass is 9.86. The Morgan fingerprint density at radius 2 is 2.21 bits per heavy atom. The van der Waals surface area contributed by atoms with E-state index in [1.54, 1.807) is 6.92 Å². The van der Waals surface area contributed by atoms with E-state index >= 15 is 0 Å². The molecule has 0 aromatic heterocycles. The Kier molecular flexibility index (Phi) is 5.02. The summed E-state index contributed by atoms with van der Waals surface area (Å²) in [5.74, 6) is -0.251. The van der Waals surface area contributed by atoms with Crippen molar-refractivity contribution in [3.8, 4) is 0 Å². The number of anilines is 1. The van der Waals surface area contributed by atoms with Crippen molar-refractivity contribution in [3.05, 3.63) is 32.8 Å². The van der Waals surface area contributed by atoms with Crippen molar-refractivity contribution in [1.82, 2.24) is 0 Å². The summed E-state index contributed by atoms with van der Waals surface area (Å²) < 4.78 is 0.585. The van der Waals surface area contributed by atoms with Crippen LogP contribution in [0.2, 0.25) is 0 Å². The molecule has 0 aliphatic rings. The maximum absolute atomic E-state index is 12.1. The van der Waals surface area contributed by atoms with Crippen LogP contribution < -0.4 is 11.1 Å². The van der Waals surface area contributed by atoms with Crippen molar-refractivity contribution in [1.29, 1.82) is 0 Å². The van der Waals surface area contributed by atoms with Gasteiger partial charge >= 0.3 is 0 Å². The van der Waals surface area contributed by atoms with Crippen LogP contribution in [-0.4, -0.2) is 17.4 Å². The van der Waals surface area contributed by atoms with Gasteiger partial charge in [0.05, 0.1) is 16.0 Å². The number of halogens is 1. The Morgan fingerprint density at radius 1 is 1.58 bits per heavy atom. The van der Waals surface area contributed by atoms with Gasteiger partial charge in [-0.2, -0.15) is 0 Å². The molecule has 104 valence electrons. The van der Waals surface area contributed by atoms with Crippen LogP contribution >= 0.6 is 15.9 Å². The number of carbonyl (C=O) groups excluding carboxylic acids is 1. The predicted octanol–water partition coefficient (Wildman–Crippen LogP) is 2.67. The number of nitrogens with two attached hydrogens (primary N) is 1. The zero-order chi connectivity index (χ0) is 14.6. The molecule has 0 fully saturated rings. The Hall–Kier alpha value is -1.47. The van der Waals surface area contributed by atoms with Crippen LogP contribution in [0.5, 0.6) is 0 Å². The lowest BCUT2D eigenvalue weighted by Crippen LogP contribution is -2.39. The SMILES string of the molecule is CCC(C)(CN)C(=O)Nc1cc([N+](=O)[O-])ccc1Br. The Bertz CT molecular complexity index is 501. The van der Waals surface area contributed by atoms with Crippen LogP contribution in [0, 0.1) is 15.5 Å². The van der Waals surface area contributed by atoms with Gasteiger partial charge in [0.2, 0.25) is 5.91 Å². The number of nitro groups is 1. The van der Waals surface area contributed by atoms with Gasteiger partial charge < -0.3 is 11.1 Å². The quantitative estimate of drug-likeness (QED) is 0.640. The van der Waals surface area contributed by atoms with Crippen molar-refractivity contribution in [2.24, 2.45) is 11.1 Å². The molecule has 0 aliphatic heterocycles. The molecule has 1 unspecified atom stereocenters. The molecule has 1 atom stereocenters. The zero-order valence-electron chi connectivity index (χ0n) is 10.8. The van der Waals surface area contributed by atoms with Crippen LogP contribution in [0.1, 0.15) is 20.3 Å². The highest BCUT2D eigenvalue weighted by atomic mass is 79.9. The van der Waals surface area contributed by atoms with Crippen LogP contribution in [0.25, 0.3) is 0 Å². The molecule has 1 aromatic carbocycles. The number of nitrogens with one attached hydrogen (secondary N) is 1. The molecule has 1 amide bonds. The van der Waals surface area contributed by atoms with Gasteiger partial charge in [-0.15, -0.1) is 0 Å². The van der Waals surface area contributed by atoms with E-state index in [-0.39, 0.29) is 18.1 Å². The molecule has 0 bridgehead atoms. The van der Waals surface area contributed by atoms with E-state index in [9.17, 15) is 14.9 Å². The normalized spacial score (nSPS) is 13.7. The molecule has 6 nitrogen and oxygen atoms in total. The number of nitrogens with zero attached hydrogens (tertiary/aromatic N) is 1. The summed E-state index contributed by atoms with van der Waals surface area (Å²) >= 11 is 3.25. The van der Waals surface area contributed by atoms with E-state index in [1.165, 1.54) is 18.2 Å². The molecule has 0 spiro atoms. The van der Waals surface area contributed by atoms with Gasteiger partial charge in [-0.05, 0) is 35.3 Å². The maximum Gasteiger partial charge on any atom is 0.271 e. The lowest BCUT2D eigenvalue weighted by Gasteiger charge is -2.25. The van der Waals surface area contributed by atoms with Gasteiger partial charge in [0.25, 0.3) is 5.69 Å². The second kappa shape index (κ2) is 6.12. The zero-order valence-corrected chi connectivity index (χ0v) is 12.4. The summed E-state index contributed by atoms with van der Waals surface area (Å²) in [6.07, 6.45) is 0.585. The largest absolute Gasteiger partial charge is 0.329 e. The van der Waals surface area contributed by atoms with E-state index < -0.39 is 10.3 Å². The van der Waals surface area contributed by atoms with E-state index in [4.69, 9.17) is 5.73 Å². The number of rotatable bonds is 5. The average molecular weight is 330 g/mol. The summed E-state index contributed by atoms with van der Waals surface area (Å²) in [4.78, 5) is 22.4. The number of amides is 1. The van der Waals surface area contributed by atoms with Crippen LogP contribution in [0.15, 0.2) is 22.7 Å². The monoisotopic (exact) mass is 329 g/mol. The van der Waals surface area contributed by atoms with Crippen molar-refractivity contribution >= 4 is 33.2 Å². The van der Waals surface area contributed by atoms with Crippen molar-refractivity contribution in [2.75, 3.05) is 11.9 Å². The molecule has 0 aliphatic carbocycles. The first-order valence-corrected chi connectivity index (χ1v) is 6.59. The molecule has 0 radical (unpaired) electrons. The number of hydrogen-bond acceptors (Lipinski definition) is 4. The van der Waals surface area contributed by atoms with Crippen molar-refractivity contribution < 1.29 is 9.72 Å². The first-order chi connectivity index (χ1) is 8.84. The highest BCUT2D eigenvalue weighted by molar-refractivity contribution is 9.10. The third-order valence-corrected chi connectivity index (χ3v) is 3.88. The van der Waals surface area contributed by atoms with Gasteiger partial charge in [0.1, 0.15) is 0 Å². The summed E-state index contributed by atoms with van der Waals surface area (Å²) in [6, 6.07) is 4.20. The highest BCUT2D eigenvalue weighted by Gasteiger charge is 2.30. The van der Waals surface area contributed by atoms with Crippen LogP contribution in [-0.2, 0) is 4.79 Å².